The number of aryl methyl sites for hydroxylation is 1. The highest BCUT2D eigenvalue weighted by Crippen LogP contribution is 2.20. The van der Waals surface area contributed by atoms with Crippen molar-refractivity contribution >= 4 is 17.4 Å². The molecule has 1 atom stereocenters. The molecule has 1 aromatic heterocycles. The van der Waals surface area contributed by atoms with Gasteiger partial charge in [0.25, 0.3) is 0 Å². The Kier molecular flexibility index (Phi) is 5.06. The number of likely N-dealkylation sites (tertiary alicyclic amines) is 1. The topological polar surface area (TPSA) is 19.4 Å². The van der Waals surface area contributed by atoms with Gasteiger partial charge in [-0.2, -0.15) is 0 Å². The quantitative estimate of drug-likeness (QED) is 0.774. The van der Waals surface area contributed by atoms with E-state index in [2.05, 4.69) is 40.9 Å². The number of aromatic nitrogens is 1. The average molecular weight is 282 g/mol. The van der Waals surface area contributed by atoms with Crippen LogP contribution in [0, 0.1) is 6.92 Å². The molecule has 0 aromatic carbocycles. The Morgan fingerprint density at radius 1 is 1.47 bits per heavy atom. The van der Waals surface area contributed by atoms with Crippen LogP contribution in [0.5, 0.6) is 0 Å². The lowest BCUT2D eigenvalue weighted by Gasteiger charge is -2.28. The molecule has 0 bridgehead atoms. The fraction of sp³-hybridized carbons (Fsp3) is 0.667. The van der Waals surface area contributed by atoms with Crippen LogP contribution in [0.2, 0.25) is 0 Å². The van der Waals surface area contributed by atoms with Crippen LogP contribution in [-0.4, -0.2) is 42.6 Å². The predicted octanol–water partition coefficient (Wildman–Crippen LogP) is 3.05. The number of anilines is 1. The third-order valence-electron chi connectivity index (χ3n) is 4.11. The second-order valence-corrected chi connectivity index (χ2v) is 5.62. The second kappa shape index (κ2) is 6.58. The summed E-state index contributed by atoms with van der Waals surface area (Å²) in [5.41, 5.74) is 2.16. The van der Waals surface area contributed by atoms with Crippen molar-refractivity contribution in [2.75, 3.05) is 31.6 Å². The molecule has 0 spiro atoms. The monoisotopic (exact) mass is 281 g/mol. The lowest BCUT2D eigenvalue weighted by atomic mass is 10.2. The number of hydrogen-bond donors (Lipinski definition) is 0. The molecular weight excluding hydrogens is 258 g/mol. The summed E-state index contributed by atoms with van der Waals surface area (Å²) >= 11 is 5.88. The zero-order valence-electron chi connectivity index (χ0n) is 12.2. The maximum Gasteiger partial charge on any atom is 0.128 e. The summed E-state index contributed by atoms with van der Waals surface area (Å²) in [5, 5.41) is 0. The fourth-order valence-corrected chi connectivity index (χ4v) is 3.14. The van der Waals surface area contributed by atoms with E-state index in [4.69, 9.17) is 11.6 Å². The SMILES string of the molecule is CCN1CCCC1CN(C)c1ccc(CCl)c(C)n1. The highest BCUT2D eigenvalue weighted by molar-refractivity contribution is 6.17. The normalized spacial score (nSPS) is 19.9. The third-order valence-corrected chi connectivity index (χ3v) is 4.39. The molecule has 1 aliphatic rings. The maximum atomic E-state index is 5.88. The Morgan fingerprint density at radius 3 is 2.89 bits per heavy atom. The predicted molar refractivity (Wildman–Crippen MR) is 82.1 cm³/mol. The summed E-state index contributed by atoms with van der Waals surface area (Å²) in [6, 6.07) is 4.84. The number of pyridine rings is 1. The lowest BCUT2D eigenvalue weighted by Crippen LogP contribution is -2.39. The van der Waals surface area contributed by atoms with Gasteiger partial charge in [-0.1, -0.05) is 13.0 Å². The van der Waals surface area contributed by atoms with Gasteiger partial charge in [0.2, 0.25) is 0 Å². The highest BCUT2D eigenvalue weighted by Gasteiger charge is 2.24. The van der Waals surface area contributed by atoms with Crippen molar-refractivity contribution < 1.29 is 0 Å². The van der Waals surface area contributed by atoms with Crippen LogP contribution in [0.15, 0.2) is 12.1 Å². The first kappa shape index (κ1) is 14.6. The second-order valence-electron chi connectivity index (χ2n) is 5.35. The van der Waals surface area contributed by atoms with E-state index in [1.165, 1.54) is 19.4 Å². The summed E-state index contributed by atoms with van der Waals surface area (Å²) in [7, 11) is 2.13. The van der Waals surface area contributed by atoms with Gasteiger partial charge in [-0.15, -0.1) is 11.6 Å². The van der Waals surface area contributed by atoms with Crippen molar-refractivity contribution in [3.8, 4) is 0 Å². The first-order chi connectivity index (χ1) is 9.15. The zero-order valence-corrected chi connectivity index (χ0v) is 13.0. The van der Waals surface area contributed by atoms with Gasteiger partial charge < -0.3 is 4.90 Å². The molecule has 1 saturated heterocycles. The maximum absolute atomic E-state index is 5.88. The van der Waals surface area contributed by atoms with Gasteiger partial charge in [-0.05, 0) is 44.5 Å². The number of alkyl halides is 1. The number of likely N-dealkylation sites (N-methyl/N-ethyl adjacent to an activating group) is 2. The number of hydrogen-bond acceptors (Lipinski definition) is 3. The molecule has 0 N–H and O–H groups in total. The van der Waals surface area contributed by atoms with Gasteiger partial charge in [0.05, 0.1) is 0 Å². The average Bonchev–Trinajstić information content (AvgIpc) is 2.85. The molecule has 106 valence electrons. The molecule has 0 saturated carbocycles. The van der Waals surface area contributed by atoms with E-state index in [-0.39, 0.29) is 0 Å². The van der Waals surface area contributed by atoms with Crippen molar-refractivity contribution in [1.82, 2.24) is 9.88 Å². The zero-order chi connectivity index (χ0) is 13.8. The number of rotatable bonds is 5. The Hall–Kier alpha value is -0.800. The molecule has 2 rings (SSSR count). The van der Waals surface area contributed by atoms with E-state index >= 15 is 0 Å². The molecule has 1 aromatic rings. The molecule has 3 nitrogen and oxygen atoms in total. The standard InChI is InChI=1S/C15H24ClN3/c1-4-19-9-5-6-14(19)11-18(3)15-8-7-13(10-16)12(2)17-15/h7-8,14H,4-6,9-11H2,1-3H3. The van der Waals surface area contributed by atoms with Gasteiger partial charge in [0.15, 0.2) is 0 Å². The Bertz CT molecular complexity index is 422. The molecule has 19 heavy (non-hydrogen) atoms. The summed E-state index contributed by atoms with van der Waals surface area (Å²) in [6.45, 7) is 7.72. The molecule has 1 aliphatic heterocycles. The first-order valence-corrected chi connectivity index (χ1v) is 7.66. The van der Waals surface area contributed by atoms with Crippen molar-refractivity contribution in [2.24, 2.45) is 0 Å². The van der Waals surface area contributed by atoms with E-state index in [1.807, 2.05) is 6.92 Å². The van der Waals surface area contributed by atoms with Gasteiger partial charge in [0, 0.05) is 31.2 Å². The fourth-order valence-electron chi connectivity index (χ4n) is 2.86. The minimum Gasteiger partial charge on any atom is -0.358 e. The summed E-state index contributed by atoms with van der Waals surface area (Å²) in [5.74, 6) is 1.59. The smallest absolute Gasteiger partial charge is 0.128 e. The van der Waals surface area contributed by atoms with Crippen molar-refractivity contribution in [2.45, 2.75) is 38.6 Å². The van der Waals surface area contributed by atoms with Crippen molar-refractivity contribution in [3.63, 3.8) is 0 Å². The van der Waals surface area contributed by atoms with E-state index in [0.717, 1.165) is 30.2 Å². The molecular formula is C15H24ClN3. The minimum atomic E-state index is 0.537. The van der Waals surface area contributed by atoms with Crippen LogP contribution < -0.4 is 4.90 Å². The first-order valence-electron chi connectivity index (χ1n) is 7.13. The minimum absolute atomic E-state index is 0.537. The van der Waals surface area contributed by atoms with Crippen LogP contribution in [0.1, 0.15) is 31.0 Å². The van der Waals surface area contributed by atoms with E-state index in [9.17, 15) is 0 Å². The number of halogens is 1. The van der Waals surface area contributed by atoms with Crippen molar-refractivity contribution in [1.29, 1.82) is 0 Å². The van der Waals surface area contributed by atoms with Crippen LogP contribution in [0.3, 0.4) is 0 Å². The van der Waals surface area contributed by atoms with Crippen LogP contribution >= 0.6 is 11.6 Å². The molecule has 0 radical (unpaired) electrons. The lowest BCUT2D eigenvalue weighted by molar-refractivity contribution is 0.270. The summed E-state index contributed by atoms with van der Waals surface area (Å²) < 4.78 is 0. The Morgan fingerprint density at radius 2 is 2.26 bits per heavy atom. The highest BCUT2D eigenvalue weighted by atomic mass is 35.5. The summed E-state index contributed by atoms with van der Waals surface area (Å²) in [6.07, 6.45) is 2.63. The van der Waals surface area contributed by atoms with Crippen molar-refractivity contribution in [3.05, 3.63) is 23.4 Å². The van der Waals surface area contributed by atoms with E-state index in [0.29, 0.717) is 11.9 Å². The van der Waals surface area contributed by atoms with Gasteiger partial charge in [-0.3, -0.25) is 4.90 Å². The van der Waals surface area contributed by atoms with E-state index < -0.39 is 0 Å². The van der Waals surface area contributed by atoms with Gasteiger partial charge in [-0.25, -0.2) is 4.98 Å². The van der Waals surface area contributed by atoms with Crippen LogP contribution in [-0.2, 0) is 5.88 Å². The largest absolute Gasteiger partial charge is 0.358 e. The van der Waals surface area contributed by atoms with Gasteiger partial charge >= 0.3 is 0 Å². The molecule has 2 heterocycles. The summed E-state index contributed by atoms with van der Waals surface area (Å²) in [4.78, 5) is 9.49. The van der Waals surface area contributed by atoms with E-state index in [1.54, 1.807) is 0 Å². The molecule has 0 amide bonds. The van der Waals surface area contributed by atoms with Gasteiger partial charge in [0.1, 0.15) is 5.82 Å². The molecule has 4 heteroatoms. The third kappa shape index (κ3) is 3.40. The molecule has 0 aliphatic carbocycles. The Labute approximate surface area is 121 Å². The van der Waals surface area contributed by atoms with Crippen LogP contribution in [0.4, 0.5) is 5.82 Å². The number of nitrogens with zero attached hydrogens (tertiary/aromatic N) is 3. The Balaban J connectivity index is 2.03. The van der Waals surface area contributed by atoms with Crippen LogP contribution in [0.25, 0.3) is 0 Å². The molecule has 1 unspecified atom stereocenters. The molecule has 1 fully saturated rings.